The predicted octanol–water partition coefficient (Wildman–Crippen LogP) is 5.62. The Balaban J connectivity index is 1.37. The van der Waals surface area contributed by atoms with Crippen LogP contribution in [0.2, 0.25) is 0 Å². The lowest BCUT2D eigenvalue weighted by Crippen LogP contribution is -2.37. The van der Waals surface area contributed by atoms with Gasteiger partial charge in [-0.3, -0.25) is 4.79 Å². The van der Waals surface area contributed by atoms with Crippen LogP contribution in [0.25, 0.3) is 11.3 Å². The Morgan fingerprint density at radius 1 is 1.03 bits per heavy atom. The van der Waals surface area contributed by atoms with E-state index in [4.69, 9.17) is 0 Å². The molecule has 0 saturated carbocycles. The summed E-state index contributed by atoms with van der Waals surface area (Å²) < 4.78 is 0. The summed E-state index contributed by atoms with van der Waals surface area (Å²) in [5.41, 5.74) is 5.09. The van der Waals surface area contributed by atoms with Crippen molar-refractivity contribution in [2.24, 2.45) is 5.92 Å². The van der Waals surface area contributed by atoms with Gasteiger partial charge in [0.15, 0.2) is 0 Å². The number of amides is 1. The van der Waals surface area contributed by atoms with Crippen molar-refractivity contribution < 1.29 is 4.79 Å². The average molecular weight is 418 g/mol. The molecule has 1 fully saturated rings. The average Bonchev–Trinajstić information content (AvgIpc) is 2.79. The van der Waals surface area contributed by atoms with E-state index >= 15 is 0 Å². The van der Waals surface area contributed by atoms with Crippen molar-refractivity contribution in [1.29, 1.82) is 0 Å². The second kappa shape index (κ2) is 9.43. The van der Waals surface area contributed by atoms with Gasteiger partial charge in [-0.2, -0.15) is 0 Å². The van der Waals surface area contributed by atoms with Crippen LogP contribution in [0.1, 0.15) is 41.3 Å². The van der Waals surface area contributed by atoms with Gasteiger partial charge in [0, 0.05) is 30.0 Å². The molecule has 1 saturated heterocycles. The summed E-state index contributed by atoms with van der Waals surface area (Å²) in [5, 5.41) is 9.62. The molecular weight excluding hydrogens is 390 g/mol. The molecule has 0 aliphatic carbocycles. The van der Waals surface area contributed by atoms with Gasteiger partial charge in [0.25, 0.3) is 5.91 Å². The maximum atomic E-state index is 12.8. The molecule has 0 unspecified atom stereocenters. The van der Waals surface area contributed by atoms with Crippen molar-refractivity contribution in [3.05, 3.63) is 77.4 Å². The normalized spacial score (nSPS) is 14.7. The smallest absolute Gasteiger partial charge is 0.253 e. The monoisotopic (exact) mass is 417 g/mol. The first-order chi connectivity index (χ1) is 14.6. The van der Waals surface area contributed by atoms with E-state index in [-0.39, 0.29) is 5.91 Å². The van der Waals surface area contributed by atoms with Crippen LogP contribution in [0.3, 0.4) is 0 Å². The zero-order valence-corrected chi connectivity index (χ0v) is 18.4. The summed E-state index contributed by atoms with van der Waals surface area (Å²) in [6.45, 7) is 6.06. The molecule has 0 N–H and O–H groups in total. The van der Waals surface area contributed by atoms with Gasteiger partial charge < -0.3 is 4.90 Å². The third kappa shape index (κ3) is 5.08. The molecule has 2 aromatic carbocycles. The number of carbonyl (C=O) groups excluding carboxylic acids is 1. The third-order valence-electron chi connectivity index (χ3n) is 5.62. The van der Waals surface area contributed by atoms with Crippen LogP contribution < -0.4 is 0 Å². The molecule has 1 aliphatic heterocycles. The molecule has 1 amide bonds. The van der Waals surface area contributed by atoms with Crippen LogP contribution in [0.5, 0.6) is 0 Å². The molecule has 2 heterocycles. The largest absolute Gasteiger partial charge is 0.339 e. The van der Waals surface area contributed by atoms with E-state index in [2.05, 4.69) is 54.4 Å². The second-order valence-corrected chi connectivity index (χ2v) is 9.08. The highest BCUT2D eigenvalue weighted by Crippen LogP contribution is 2.24. The Bertz CT molecular complexity index is 994. The Hall–Kier alpha value is -2.66. The third-order valence-corrected chi connectivity index (χ3v) is 6.61. The van der Waals surface area contributed by atoms with Crippen LogP contribution in [0.15, 0.2) is 65.7 Å². The number of hydrogen-bond acceptors (Lipinski definition) is 4. The van der Waals surface area contributed by atoms with Gasteiger partial charge >= 0.3 is 0 Å². The molecule has 0 radical (unpaired) electrons. The molecular formula is C25H27N3OS. The number of nitrogens with zero attached hydrogens (tertiary/aromatic N) is 3. The van der Waals surface area contributed by atoms with Crippen LogP contribution in [-0.2, 0) is 5.75 Å². The number of likely N-dealkylation sites (tertiary alicyclic amines) is 1. The van der Waals surface area contributed by atoms with E-state index in [1.807, 2.05) is 35.2 Å². The van der Waals surface area contributed by atoms with Crippen LogP contribution in [0.4, 0.5) is 0 Å². The zero-order chi connectivity index (χ0) is 20.9. The van der Waals surface area contributed by atoms with Gasteiger partial charge in [0.2, 0.25) is 0 Å². The van der Waals surface area contributed by atoms with Crippen LogP contribution in [0, 0.1) is 12.8 Å². The summed E-state index contributed by atoms with van der Waals surface area (Å²) in [7, 11) is 0. The van der Waals surface area contributed by atoms with E-state index in [0.717, 1.165) is 65.0 Å². The van der Waals surface area contributed by atoms with Crippen molar-refractivity contribution in [2.75, 3.05) is 13.1 Å². The number of hydrogen-bond donors (Lipinski definition) is 0. The fraction of sp³-hybridized carbons (Fsp3) is 0.320. The predicted molar refractivity (Wildman–Crippen MR) is 123 cm³/mol. The first-order valence-electron chi connectivity index (χ1n) is 10.5. The molecule has 5 heteroatoms. The van der Waals surface area contributed by atoms with Gasteiger partial charge in [0.05, 0.1) is 5.69 Å². The highest BCUT2D eigenvalue weighted by Gasteiger charge is 2.21. The summed E-state index contributed by atoms with van der Waals surface area (Å²) in [6.07, 6.45) is 2.19. The molecule has 0 bridgehead atoms. The molecule has 154 valence electrons. The SMILES string of the molecule is Cc1ccc(-c2ccc(SCc3cccc(C(=O)N4CCC(C)CC4)c3)nn2)cc1. The molecule has 4 rings (SSSR count). The van der Waals surface area contributed by atoms with Gasteiger partial charge in [0.1, 0.15) is 5.03 Å². The molecule has 4 nitrogen and oxygen atoms in total. The van der Waals surface area contributed by atoms with Crippen LogP contribution in [-0.4, -0.2) is 34.1 Å². The fourth-order valence-electron chi connectivity index (χ4n) is 3.62. The molecule has 1 aromatic heterocycles. The molecule has 1 aliphatic rings. The van der Waals surface area contributed by atoms with Gasteiger partial charge in [-0.25, -0.2) is 0 Å². The van der Waals surface area contributed by atoms with E-state index < -0.39 is 0 Å². The molecule has 3 aromatic rings. The number of rotatable bonds is 5. The quantitative estimate of drug-likeness (QED) is 0.506. The molecule has 0 atom stereocenters. The molecule has 30 heavy (non-hydrogen) atoms. The maximum absolute atomic E-state index is 12.8. The van der Waals surface area contributed by atoms with Crippen molar-refractivity contribution in [2.45, 2.75) is 37.5 Å². The summed E-state index contributed by atoms with van der Waals surface area (Å²) >= 11 is 1.64. The number of aromatic nitrogens is 2. The van der Waals surface area contributed by atoms with E-state index in [9.17, 15) is 4.79 Å². The number of carbonyl (C=O) groups is 1. The fourth-order valence-corrected chi connectivity index (χ4v) is 4.38. The maximum Gasteiger partial charge on any atom is 0.253 e. The first-order valence-corrected chi connectivity index (χ1v) is 11.5. The summed E-state index contributed by atoms with van der Waals surface area (Å²) in [6, 6.07) is 20.3. The second-order valence-electron chi connectivity index (χ2n) is 8.09. The number of thioether (sulfide) groups is 1. The molecule has 0 spiro atoms. The first kappa shape index (κ1) is 20.6. The van der Waals surface area contributed by atoms with E-state index in [0.29, 0.717) is 0 Å². The Morgan fingerprint density at radius 3 is 2.50 bits per heavy atom. The van der Waals surface area contributed by atoms with Crippen LogP contribution >= 0.6 is 11.8 Å². The number of piperidine rings is 1. The Kier molecular flexibility index (Phi) is 6.48. The van der Waals surface area contributed by atoms with E-state index in [1.54, 1.807) is 11.8 Å². The van der Waals surface area contributed by atoms with Crippen molar-refractivity contribution >= 4 is 17.7 Å². The standard InChI is InChI=1S/C25H27N3OS/c1-18-6-8-21(9-7-18)23-10-11-24(27-26-23)30-17-20-4-3-5-22(16-20)25(29)28-14-12-19(2)13-15-28/h3-11,16,19H,12-15,17H2,1-2H3. The lowest BCUT2D eigenvalue weighted by molar-refractivity contribution is 0.0697. The summed E-state index contributed by atoms with van der Waals surface area (Å²) in [5.74, 6) is 1.63. The minimum absolute atomic E-state index is 0.149. The van der Waals surface area contributed by atoms with Gasteiger partial charge in [-0.05, 0) is 55.5 Å². The lowest BCUT2D eigenvalue weighted by atomic mass is 9.98. The minimum atomic E-state index is 0.149. The summed E-state index contributed by atoms with van der Waals surface area (Å²) in [4.78, 5) is 14.8. The number of benzene rings is 2. The number of aryl methyl sites for hydroxylation is 1. The van der Waals surface area contributed by atoms with Gasteiger partial charge in [-0.1, -0.05) is 60.6 Å². The van der Waals surface area contributed by atoms with Crippen molar-refractivity contribution in [3.63, 3.8) is 0 Å². The Labute approximate surface area is 182 Å². The zero-order valence-electron chi connectivity index (χ0n) is 17.5. The minimum Gasteiger partial charge on any atom is -0.339 e. The van der Waals surface area contributed by atoms with E-state index in [1.165, 1.54) is 5.56 Å². The topological polar surface area (TPSA) is 46.1 Å². The highest BCUT2D eigenvalue weighted by molar-refractivity contribution is 7.98. The lowest BCUT2D eigenvalue weighted by Gasteiger charge is -2.30. The Morgan fingerprint density at radius 2 is 1.80 bits per heavy atom. The van der Waals surface area contributed by atoms with Gasteiger partial charge in [-0.15, -0.1) is 10.2 Å². The highest BCUT2D eigenvalue weighted by atomic mass is 32.2. The van der Waals surface area contributed by atoms with Crippen molar-refractivity contribution in [1.82, 2.24) is 15.1 Å². The van der Waals surface area contributed by atoms with Crippen molar-refractivity contribution in [3.8, 4) is 11.3 Å².